The first-order valence-electron chi connectivity index (χ1n) is 8.95. The van der Waals surface area contributed by atoms with Gasteiger partial charge in [-0.05, 0) is 38.1 Å². The number of hydrogen-bond donors (Lipinski definition) is 0. The number of thiazole rings is 1. The Morgan fingerprint density at radius 3 is 2.72 bits per heavy atom. The van der Waals surface area contributed by atoms with Crippen molar-refractivity contribution in [3.63, 3.8) is 0 Å². The van der Waals surface area contributed by atoms with Crippen LogP contribution in [0.4, 0.5) is 0 Å². The summed E-state index contributed by atoms with van der Waals surface area (Å²) in [6.07, 6.45) is 1.56. The second-order valence-corrected chi connectivity index (χ2v) is 7.30. The van der Waals surface area contributed by atoms with Crippen molar-refractivity contribution < 1.29 is 14.3 Å². The highest BCUT2D eigenvalue weighted by Gasteiger charge is 2.16. The predicted octanol–water partition coefficient (Wildman–Crippen LogP) is 3.16. The minimum absolute atomic E-state index is 0.121. The molecule has 0 aliphatic heterocycles. The average Bonchev–Trinajstić information content (AvgIpc) is 3.39. The van der Waals surface area contributed by atoms with Crippen LogP contribution < -0.4 is 4.74 Å². The number of ether oxygens (including phenoxy) is 2. The molecule has 0 saturated heterocycles. The first-order chi connectivity index (χ1) is 14.0. The van der Waals surface area contributed by atoms with Crippen LogP contribution in [-0.2, 0) is 22.6 Å². The van der Waals surface area contributed by atoms with Gasteiger partial charge in [-0.25, -0.2) is 14.5 Å². The number of fused-ring (bicyclic) bond motifs is 1. The van der Waals surface area contributed by atoms with Gasteiger partial charge in [-0.3, -0.25) is 4.79 Å². The normalized spacial score (nSPS) is 11.0. The van der Waals surface area contributed by atoms with Gasteiger partial charge in [-0.2, -0.15) is 10.1 Å². The van der Waals surface area contributed by atoms with E-state index in [9.17, 15) is 4.79 Å². The van der Waals surface area contributed by atoms with Gasteiger partial charge in [0.15, 0.2) is 0 Å². The van der Waals surface area contributed by atoms with Crippen molar-refractivity contribution in [3.05, 3.63) is 58.6 Å². The Balaban J connectivity index is 1.41. The van der Waals surface area contributed by atoms with Crippen molar-refractivity contribution >= 4 is 23.1 Å². The topological polar surface area (TPSA) is 91.5 Å². The van der Waals surface area contributed by atoms with Crippen LogP contribution in [-0.4, -0.2) is 37.6 Å². The zero-order chi connectivity index (χ0) is 20.4. The highest BCUT2D eigenvalue weighted by Crippen LogP contribution is 2.26. The van der Waals surface area contributed by atoms with Gasteiger partial charge in [0.05, 0.1) is 19.2 Å². The highest BCUT2D eigenvalue weighted by atomic mass is 32.1. The molecule has 4 rings (SSSR count). The molecule has 0 amide bonds. The fourth-order valence-electron chi connectivity index (χ4n) is 3.00. The van der Waals surface area contributed by atoms with Gasteiger partial charge in [-0.1, -0.05) is 0 Å². The quantitative estimate of drug-likeness (QED) is 0.452. The molecule has 0 aliphatic rings. The fourth-order valence-corrected chi connectivity index (χ4v) is 3.81. The Morgan fingerprint density at radius 2 is 1.97 bits per heavy atom. The van der Waals surface area contributed by atoms with E-state index in [0.717, 1.165) is 33.3 Å². The van der Waals surface area contributed by atoms with E-state index in [2.05, 4.69) is 20.1 Å². The van der Waals surface area contributed by atoms with Crippen LogP contribution in [0.2, 0.25) is 0 Å². The van der Waals surface area contributed by atoms with Crippen LogP contribution in [0.25, 0.3) is 16.3 Å². The van der Waals surface area contributed by atoms with Crippen LogP contribution in [0.5, 0.6) is 5.75 Å². The van der Waals surface area contributed by atoms with E-state index < -0.39 is 0 Å². The molecule has 0 atom stereocenters. The second kappa shape index (κ2) is 7.96. The minimum atomic E-state index is -0.337. The summed E-state index contributed by atoms with van der Waals surface area (Å²) in [6.45, 7) is 3.87. The molecule has 0 radical (unpaired) electrons. The van der Waals surface area contributed by atoms with E-state index >= 15 is 0 Å². The Bertz CT molecular complexity index is 1170. The van der Waals surface area contributed by atoms with Crippen molar-refractivity contribution in [1.82, 2.24) is 24.6 Å². The molecule has 9 heteroatoms. The molecule has 1 aromatic carbocycles. The molecule has 0 bridgehead atoms. The molecule has 4 aromatic rings. The molecule has 0 saturated carbocycles. The van der Waals surface area contributed by atoms with Crippen molar-refractivity contribution in [2.45, 2.75) is 26.9 Å². The summed E-state index contributed by atoms with van der Waals surface area (Å²) in [5, 5.41) is 6.90. The first-order valence-corrected chi connectivity index (χ1v) is 9.83. The largest absolute Gasteiger partial charge is 0.497 e. The third-order valence-electron chi connectivity index (χ3n) is 4.58. The van der Waals surface area contributed by atoms with Gasteiger partial charge in [0.1, 0.15) is 23.7 Å². The SMILES string of the molecule is COc1ccc(-c2nc(COC(=O)Cc3c(C)nc4ncnn4c3C)cs2)cc1. The number of esters is 1. The number of aryl methyl sites for hydroxylation is 2. The van der Waals surface area contributed by atoms with E-state index in [-0.39, 0.29) is 19.0 Å². The molecular formula is C20H19N5O3S. The summed E-state index contributed by atoms with van der Waals surface area (Å²) in [4.78, 5) is 25.4. The molecule has 148 valence electrons. The maximum Gasteiger partial charge on any atom is 0.310 e. The van der Waals surface area contributed by atoms with Crippen molar-refractivity contribution in [1.29, 1.82) is 0 Å². The highest BCUT2D eigenvalue weighted by molar-refractivity contribution is 7.13. The lowest BCUT2D eigenvalue weighted by atomic mass is 10.1. The monoisotopic (exact) mass is 409 g/mol. The average molecular weight is 409 g/mol. The van der Waals surface area contributed by atoms with E-state index in [0.29, 0.717) is 11.5 Å². The Morgan fingerprint density at radius 1 is 1.17 bits per heavy atom. The molecule has 29 heavy (non-hydrogen) atoms. The van der Waals surface area contributed by atoms with E-state index in [1.54, 1.807) is 11.6 Å². The fraction of sp³-hybridized carbons (Fsp3) is 0.250. The summed E-state index contributed by atoms with van der Waals surface area (Å²) >= 11 is 1.51. The van der Waals surface area contributed by atoms with Crippen LogP contribution in [0.15, 0.2) is 36.0 Å². The number of hydrogen-bond acceptors (Lipinski definition) is 8. The molecule has 0 fully saturated rings. The second-order valence-electron chi connectivity index (χ2n) is 6.44. The summed E-state index contributed by atoms with van der Waals surface area (Å²) < 4.78 is 12.2. The van der Waals surface area contributed by atoms with E-state index in [1.807, 2.05) is 43.5 Å². The van der Waals surface area contributed by atoms with Gasteiger partial charge in [-0.15, -0.1) is 11.3 Å². The number of rotatable bonds is 6. The first kappa shape index (κ1) is 19.0. The lowest BCUT2D eigenvalue weighted by Crippen LogP contribution is -2.13. The maximum absolute atomic E-state index is 12.4. The van der Waals surface area contributed by atoms with Crippen molar-refractivity contribution in [2.24, 2.45) is 0 Å². The van der Waals surface area contributed by atoms with Gasteiger partial charge < -0.3 is 9.47 Å². The van der Waals surface area contributed by atoms with Crippen LogP contribution in [0.3, 0.4) is 0 Å². The summed E-state index contributed by atoms with van der Waals surface area (Å²) in [5.74, 6) is 0.978. The molecule has 0 unspecified atom stereocenters. The molecule has 8 nitrogen and oxygen atoms in total. The smallest absolute Gasteiger partial charge is 0.310 e. The van der Waals surface area contributed by atoms with Crippen LogP contribution in [0, 0.1) is 13.8 Å². The minimum Gasteiger partial charge on any atom is -0.497 e. The number of carbonyl (C=O) groups is 1. The third-order valence-corrected chi connectivity index (χ3v) is 5.52. The number of nitrogens with zero attached hydrogens (tertiary/aromatic N) is 5. The van der Waals surface area contributed by atoms with Crippen molar-refractivity contribution in [3.8, 4) is 16.3 Å². The van der Waals surface area contributed by atoms with Gasteiger partial charge in [0.2, 0.25) is 0 Å². The van der Waals surface area contributed by atoms with E-state index in [1.165, 1.54) is 17.7 Å². The Hall–Kier alpha value is -3.33. The number of carbonyl (C=O) groups excluding carboxylic acids is 1. The third kappa shape index (κ3) is 3.95. The van der Waals surface area contributed by atoms with Gasteiger partial charge >= 0.3 is 5.97 Å². The van der Waals surface area contributed by atoms with E-state index in [4.69, 9.17) is 9.47 Å². The number of benzene rings is 1. The Kier molecular flexibility index (Phi) is 5.22. The molecule has 0 spiro atoms. The lowest BCUT2D eigenvalue weighted by molar-refractivity contribution is -0.144. The standard InChI is InChI=1S/C20H19N5O3S/c1-12-17(13(2)25-20(23-12)21-11-22-25)8-18(26)28-9-15-10-29-19(24-15)14-4-6-16(27-3)7-5-14/h4-7,10-11H,8-9H2,1-3H3. The Labute approximate surface area is 171 Å². The summed E-state index contributed by atoms with van der Waals surface area (Å²) in [5.41, 5.74) is 4.08. The molecule has 0 N–H and O–H groups in total. The zero-order valence-corrected chi connectivity index (χ0v) is 17.1. The van der Waals surface area contributed by atoms with Gasteiger partial charge in [0.25, 0.3) is 5.78 Å². The lowest BCUT2D eigenvalue weighted by Gasteiger charge is -2.10. The predicted molar refractivity (Wildman–Crippen MR) is 108 cm³/mol. The molecule has 3 aromatic heterocycles. The maximum atomic E-state index is 12.4. The summed E-state index contributed by atoms with van der Waals surface area (Å²) in [6, 6.07) is 7.68. The van der Waals surface area contributed by atoms with Crippen LogP contribution >= 0.6 is 11.3 Å². The molecule has 3 heterocycles. The van der Waals surface area contributed by atoms with Crippen LogP contribution in [0.1, 0.15) is 22.6 Å². The molecular weight excluding hydrogens is 390 g/mol. The number of aromatic nitrogens is 5. The summed E-state index contributed by atoms with van der Waals surface area (Å²) in [7, 11) is 1.63. The van der Waals surface area contributed by atoms with Crippen molar-refractivity contribution in [2.75, 3.05) is 7.11 Å². The molecule has 0 aliphatic carbocycles. The zero-order valence-electron chi connectivity index (χ0n) is 16.2. The van der Waals surface area contributed by atoms with Gasteiger partial charge in [0, 0.05) is 27.9 Å². The number of methoxy groups -OCH3 is 1.